The van der Waals surface area contributed by atoms with Gasteiger partial charge in [-0.25, -0.2) is 0 Å². The summed E-state index contributed by atoms with van der Waals surface area (Å²) in [4.78, 5) is 0. The van der Waals surface area contributed by atoms with Gasteiger partial charge in [-0.2, -0.15) is 0 Å². The van der Waals surface area contributed by atoms with Crippen LogP contribution >= 0.6 is 7.29 Å². The smallest absolute Gasteiger partial charge is 0.209 e. The topological polar surface area (TPSA) is 52.3 Å². The lowest BCUT2D eigenvalue weighted by Crippen LogP contribution is -2.28. The number of para-hydroxylation sites is 2. The predicted octanol–water partition coefficient (Wildman–Crippen LogP) is 1.98. The zero-order valence-electron chi connectivity index (χ0n) is 8.46. The van der Waals surface area contributed by atoms with Crippen LogP contribution < -0.4 is 20.9 Å². The van der Waals surface area contributed by atoms with E-state index in [1.165, 1.54) is 0 Å². The van der Waals surface area contributed by atoms with Gasteiger partial charge in [0.05, 0.1) is 10.6 Å². The third-order valence-electron chi connectivity index (χ3n) is 2.67. The first-order valence-electron chi connectivity index (χ1n) is 4.95. The number of hydrogen-bond donors (Lipinski definition) is 1. The fourth-order valence-corrected chi connectivity index (χ4v) is 3.65. The number of benzene rings is 2. The van der Waals surface area contributed by atoms with Crippen LogP contribution in [0.3, 0.4) is 0 Å². The second-order valence-electron chi connectivity index (χ2n) is 3.70. The molecule has 2 aromatic carbocycles. The minimum Gasteiger partial charge on any atom is -0.456 e. The fraction of sp³-hybridized carbons (Fsp3) is 0. The fourth-order valence-electron chi connectivity index (χ4n) is 1.88. The van der Waals surface area contributed by atoms with E-state index >= 15 is 0 Å². The van der Waals surface area contributed by atoms with Gasteiger partial charge in [0.1, 0.15) is 11.5 Å². The summed E-state index contributed by atoms with van der Waals surface area (Å²) in [6, 6.07) is 14.4. The minimum absolute atomic E-state index is 0.590. The first-order valence-corrected chi connectivity index (χ1v) is 6.73. The quantitative estimate of drug-likeness (QED) is 0.705. The highest BCUT2D eigenvalue weighted by molar-refractivity contribution is 7.77. The number of ether oxygens (including phenoxy) is 1. The van der Waals surface area contributed by atoms with Crippen LogP contribution in [0.1, 0.15) is 0 Å². The monoisotopic (exact) mass is 231 g/mol. The largest absolute Gasteiger partial charge is 0.456 e. The summed E-state index contributed by atoms with van der Waals surface area (Å²) in [5, 5.41) is 1.18. The zero-order valence-corrected chi connectivity index (χ0v) is 9.35. The Morgan fingerprint density at radius 2 is 1.31 bits per heavy atom. The van der Waals surface area contributed by atoms with E-state index in [9.17, 15) is 4.57 Å². The first-order chi connectivity index (χ1) is 7.69. The van der Waals surface area contributed by atoms with Crippen molar-refractivity contribution < 1.29 is 9.30 Å². The molecule has 0 saturated carbocycles. The molecule has 2 aromatic rings. The molecule has 0 aliphatic carbocycles. The van der Waals surface area contributed by atoms with E-state index in [1.54, 1.807) is 24.3 Å². The van der Waals surface area contributed by atoms with Crippen molar-refractivity contribution in [3.05, 3.63) is 48.5 Å². The second-order valence-corrected chi connectivity index (χ2v) is 5.98. The molecule has 4 heteroatoms. The van der Waals surface area contributed by atoms with Crippen LogP contribution in [0.2, 0.25) is 0 Å². The Hall–Kier alpha value is -1.57. The molecule has 0 fully saturated rings. The molecule has 0 saturated heterocycles. The molecule has 1 heterocycles. The molecule has 16 heavy (non-hydrogen) atoms. The molecule has 0 amide bonds. The number of nitrogens with two attached hydrogens (primary N) is 1. The van der Waals surface area contributed by atoms with E-state index in [4.69, 9.17) is 10.2 Å². The number of fused-ring (bicyclic) bond motifs is 2. The Morgan fingerprint density at radius 3 is 1.81 bits per heavy atom. The maximum Gasteiger partial charge on any atom is 0.209 e. The normalized spacial score (nSPS) is 15.8. The van der Waals surface area contributed by atoms with Crippen molar-refractivity contribution in [2.75, 3.05) is 0 Å². The second kappa shape index (κ2) is 3.21. The Kier molecular flexibility index (Phi) is 1.93. The maximum absolute atomic E-state index is 12.6. The molecule has 1 aliphatic rings. The molecule has 0 atom stereocenters. The SMILES string of the molecule is NP1(=O)c2ccccc2Oc2ccccc21. The van der Waals surface area contributed by atoms with E-state index < -0.39 is 7.29 Å². The molecule has 3 rings (SSSR count). The molecule has 0 unspecified atom stereocenters. The van der Waals surface area contributed by atoms with Crippen LogP contribution in [-0.2, 0) is 4.57 Å². The highest BCUT2D eigenvalue weighted by Crippen LogP contribution is 2.45. The van der Waals surface area contributed by atoms with Crippen LogP contribution in [0.15, 0.2) is 48.5 Å². The summed E-state index contributed by atoms with van der Waals surface area (Å²) >= 11 is 0. The van der Waals surface area contributed by atoms with Gasteiger partial charge in [0, 0.05) is 0 Å². The van der Waals surface area contributed by atoms with Gasteiger partial charge in [-0.1, -0.05) is 24.3 Å². The van der Waals surface area contributed by atoms with E-state index in [1.807, 2.05) is 24.3 Å². The molecular formula is C12H10NO2P. The van der Waals surface area contributed by atoms with E-state index in [-0.39, 0.29) is 0 Å². The highest BCUT2D eigenvalue weighted by Gasteiger charge is 2.33. The molecule has 1 aliphatic heterocycles. The summed E-state index contributed by atoms with van der Waals surface area (Å²) in [5.74, 6) is 1.18. The molecule has 0 bridgehead atoms. The molecule has 3 nitrogen and oxygen atoms in total. The predicted molar refractivity (Wildman–Crippen MR) is 64.0 cm³/mol. The highest BCUT2D eigenvalue weighted by atomic mass is 31.2. The van der Waals surface area contributed by atoms with Gasteiger partial charge in [-0.15, -0.1) is 0 Å². The van der Waals surface area contributed by atoms with Crippen molar-refractivity contribution in [2.45, 2.75) is 0 Å². The van der Waals surface area contributed by atoms with Crippen LogP contribution in [-0.4, -0.2) is 0 Å². The van der Waals surface area contributed by atoms with Crippen molar-refractivity contribution in [3.63, 3.8) is 0 Å². The van der Waals surface area contributed by atoms with Gasteiger partial charge in [-0.3, -0.25) is 10.1 Å². The first kappa shape index (κ1) is 9.64. The number of hydrogen-bond acceptors (Lipinski definition) is 2. The van der Waals surface area contributed by atoms with Crippen molar-refractivity contribution in [3.8, 4) is 11.5 Å². The van der Waals surface area contributed by atoms with Gasteiger partial charge in [0.15, 0.2) is 0 Å². The van der Waals surface area contributed by atoms with Crippen molar-refractivity contribution in [1.82, 2.24) is 0 Å². The van der Waals surface area contributed by atoms with Gasteiger partial charge >= 0.3 is 0 Å². The Morgan fingerprint density at radius 1 is 0.875 bits per heavy atom. The lowest BCUT2D eigenvalue weighted by molar-refractivity contribution is 0.485. The van der Waals surface area contributed by atoms with Gasteiger partial charge < -0.3 is 4.74 Å². The Bertz CT molecular complexity index is 560. The van der Waals surface area contributed by atoms with Crippen molar-refractivity contribution >= 4 is 17.9 Å². The van der Waals surface area contributed by atoms with Crippen LogP contribution in [0.25, 0.3) is 0 Å². The van der Waals surface area contributed by atoms with Crippen molar-refractivity contribution in [2.24, 2.45) is 5.50 Å². The standard InChI is InChI=1S/C12H10NO2P/c13-16(14)11-7-3-1-5-9(11)15-10-6-2-4-8-12(10)16/h1-8H,(H2,13,14). The Balaban J connectivity index is 2.33. The minimum atomic E-state index is -2.99. The van der Waals surface area contributed by atoms with Crippen LogP contribution in [0.4, 0.5) is 0 Å². The van der Waals surface area contributed by atoms with Crippen LogP contribution in [0.5, 0.6) is 11.5 Å². The van der Waals surface area contributed by atoms with Gasteiger partial charge in [0.2, 0.25) is 7.29 Å². The third kappa shape index (κ3) is 1.22. The Labute approximate surface area is 93.3 Å². The number of rotatable bonds is 0. The summed E-state index contributed by atoms with van der Waals surface area (Å²) in [5.41, 5.74) is 5.98. The maximum atomic E-state index is 12.6. The zero-order chi connectivity index (χ0) is 11.2. The summed E-state index contributed by atoms with van der Waals surface area (Å²) in [6.07, 6.45) is 0. The summed E-state index contributed by atoms with van der Waals surface area (Å²) in [7, 11) is -2.99. The molecule has 2 N–H and O–H groups in total. The van der Waals surface area contributed by atoms with Crippen molar-refractivity contribution in [1.29, 1.82) is 0 Å². The van der Waals surface area contributed by atoms with E-state index in [2.05, 4.69) is 0 Å². The van der Waals surface area contributed by atoms with E-state index in [0.717, 1.165) is 0 Å². The van der Waals surface area contributed by atoms with Crippen LogP contribution in [0, 0.1) is 0 Å². The summed E-state index contributed by atoms with van der Waals surface area (Å²) < 4.78 is 18.2. The molecule has 0 aromatic heterocycles. The molecule has 0 radical (unpaired) electrons. The molecular weight excluding hydrogens is 221 g/mol. The van der Waals surface area contributed by atoms with Gasteiger partial charge in [-0.05, 0) is 24.3 Å². The average Bonchev–Trinajstić information content (AvgIpc) is 2.29. The molecule has 80 valence electrons. The van der Waals surface area contributed by atoms with Gasteiger partial charge in [0.25, 0.3) is 0 Å². The molecule has 0 spiro atoms. The lowest BCUT2D eigenvalue weighted by Gasteiger charge is -2.25. The van der Waals surface area contributed by atoms with E-state index in [0.29, 0.717) is 22.1 Å². The third-order valence-corrected chi connectivity index (χ3v) is 4.84. The summed E-state index contributed by atoms with van der Waals surface area (Å²) in [6.45, 7) is 0. The lowest BCUT2D eigenvalue weighted by atomic mass is 10.3. The average molecular weight is 231 g/mol.